The second-order valence-corrected chi connectivity index (χ2v) is 6.30. The van der Waals surface area contributed by atoms with E-state index in [2.05, 4.69) is 34.3 Å². The summed E-state index contributed by atoms with van der Waals surface area (Å²) in [6.45, 7) is 2.06. The predicted molar refractivity (Wildman–Crippen MR) is 104 cm³/mol. The first-order chi connectivity index (χ1) is 12.7. The minimum absolute atomic E-state index is 0.199. The smallest absolute Gasteiger partial charge is 0.147 e. The molecule has 4 aromatic rings. The standard InChI is InChI=1S/C22H19N3O/c1-15-4-7-18(8-5-15)25-20(17-10-13-23-14-11-17)19-9-6-16-3-2-12-24-21(16)22(19)26/h2-14,20,25-26H,1H3/t20-/m0/s1. The van der Waals surface area contributed by atoms with Crippen LogP contribution in [0.25, 0.3) is 10.9 Å². The number of nitrogens with one attached hydrogen (secondary N) is 1. The molecule has 2 aromatic heterocycles. The summed E-state index contributed by atoms with van der Waals surface area (Å²) in [5.41, 5.74) is 4.59. The Bertz CT molecular complexity index is 1030. The number of pyridine rings is 2. The molecular weight excluding hydrogens is 322 g/mol. The maximum Gasteiger partial charge on any atom is 0.147 e. The topological polar surface area (TPSA) is 58.0 Å². The molecule has 0 aliphatic heterocycles. The van der Waals surface area contributed by atoms with E-state index in [4.69, 9.17) is 0 Å². The molecule has 4 rings (SSSR count). The number of benzene rings is 2. The molecule has 0 aliphatic rings. The third kappa shape index (κ3) is 3.09. The Morgan fingerprint density at radius 1 is 0.885 bits per heavy atom. The van der Waals surface area contributed by atoms with Gasteiger partial charge in [0.2, 0.25) is 0 Å². The summed E-state index contributed by atoms with van der Waals surface area (Å²) in [5, 5.41) is 15.3. The Balaban J connectivity index is 1.83. The van der Waals surface area contributed by atoms with Crippen LogP contribution in [0.4, 0.5) is 5.69 Å². The highest BCUT2D eigenvalue weighted by Gasteiger charge is 2.19. The number of hydrogen-bond donors (Lipinski definition) is 2. The maximum atomic E-state index is 10.9. The van der Waals surface area contributed by atoms with Gasteiger partial charge in [0.25, 0.3) is 0 Å². The fourth-order valence-electron chi connectivity index (χ4n) is 3.09. The molecule has 0 saturated carbocycles. The molecule has 1 atom stereocenters. The lowest BCUT2D eigenvalue weighted by Gasteiger charge is -2.22. The largest absolute Gasteiger partial charge is 0.505 e. The van der Waals surface area contributed by atoms with Gasteiger partial charge in [-0.05, 0) is 42.8 Å². The van der Waals surface area contributed by atoms with Gasteiger partial charge in [0.05, 0.1) is 6.04 Å². The Morgan fingerprint density at radius 2 is 1.65 bits per heavy atom. The van der Waals surface area contributed by atoms with Gasteiger partial charge in [-0.3, -0.25) is 9.97 Å². The van der Waals surface area contributed by atoms with Crippen molar-refractivity contribution in [3.8, 4) is 5.75 Å². The van der Waals surface area contributed by atoms with Crippen LogP contribution in [0.1, 0.15) is 22.7 Å². The molecule has 128 valence electrons. The zero-order chi connectivity index (χ0) is 17.9. The van der Waals surface area contributed by atoms with Gasteiger partial charge in [-0.1, -0.05) is 35.9 Å². The highest BCUT2D eigenvalue weighted by atomic mass is 16.3. The number of fused-ring (bicyclic) bond motifs is 1. The van der Waals surface area contributed by atoms with Gasteiger partial charge in [0.15, 0.2) is 0 Å². The molecule has 0 bridgehead atoms. The Morgan fingerprint density at radius 3 is 2.42 bits per heavy atom. The number of nitrogens with zero attached hydrogens (tertiary/aromatic N) is 2. The van der Waals surface area contributed by atoms with Crippen molar-refractivity contribution in [1.29, 1.82) is 0 Å². The van der Waals surface area contributed by atoms with Crippen LogP contribution in [0.5, 0.6) is 5.75 Å². The fraction of sp³-hybridized carbons (Fsp3) is 0.0909. The molecule has 0 unspecified atom stereocenters. The number of aromatic hydroxyl groups is 1. The number of anilines is 1. The van der Waals surface area contributed by atoms with Crippen LogP contribution in [0.2, 0.25) is 0 Å². The van der Waals surface area contributed by atoms with E-state index in [1.807, 2.05) is 48.5 Å². The number of phenols is 1. The predicted octanol–water partition coefficient (Wildman–Crippen LogP) is 4.85. The SMILES string of the molecule is Cc1ccc(N[C@@H](c2ccncc2)c2ccc3cccnc3c2O)cc1. The van der Waals surface area contributed by atoms with Gasteiger partial charge in [-0.15, -0.1) is 0 Å². The van der Waals surface area contributed by atoms with Gasteiger partial charge >= 0.3 is 0 Å². The first-order valence-electron chi connectivity index (χ1n) is 8.52. The zero-order valence-electron chi connectivity index (χ0n) is 14.4. The third-order valence-corrected chi connectivity index (χ3v) is 4.49. The molecular formula is C22H19N3O. The molecule has 2 heterocycles. The van der Waals surface area contributed by atoms with Crippen molar-refractivity contribution in [1.82, 2.24) is 9.97 Å². The lowest BCUT2D eigenvalue weighted by Crippen LogP contribution is -2.13. The van der Waals surface area contributed by atoms with E-state index in [0.29, 0.717) is 5.52 Å². The minimum Gasteiger partial charge on any atom is -0.505 e. The average molecular weight is 341 g/mol. The van der Waals surface area contributed by atoms with E-state index in [0.717, 1.165) is 22.2 Å². The van der Waals surface area contributed by atoms with Gasteiger partial charge in [0.1, 0.15) is 11.3 Å². The summed E-state index contributed by atoms with van der Waals surface area (Å²) < 4.78 is 0. The highest BCUT2D eigenvalue weighted by molar-refractivity contribution is 5.86. The fourth-order valence-corrected chi connectivity index (χ4v) is 3.09. The monoisotopic (exact) mass is 341 g/mol. The van der Waals surface area contributed by atoms with Crippen LogP contribution < -0.4 is 5.32 Å². The highest BCUT2D eigenvalue weighted by Crippen LogP contribution is 2.36. The normalized spacial score (nSPS) is 12.0. The maximum absolute atomic E-state index is 10.9. The molecule has 0 radical (unpaired) electrons. The summed E-state index contributed by atoms with van der Waals surface area (Å²) in [6.07, 6.45) is 5.21. The van der Waals surface area contributed by atoms with Crippen molar-refractivity contribution in [3.05, 3.63) is 95.9 Å². The molecule has 0 amide bonds. The summed E-state index contributed by atoms with van der Waals surface area (Å²) in [7, 11) is 0. The van der Waals surface area contributed by atoms with Gasteiger partial charge in [-0.25, -0.2) is 0 Å². The van der Waals surface area contributed by atoms with E-state index < -0.39 is 0 Å². The number of aryl methyl sites for hydroxylation is 1. The second kappa shape index (κ2) is 6.84. The van der Waals surface area contributed by atoms with Crippen molar-refractivity contribution in [2.45, 2.75) is 13.0 Å². The molecule has 2 aromatic carbocycles. The van der Waals surface area contributed by atoms with Crippen molar-refractivity contribution in [3.63, 3.8) is 0 Å². The molecule has 0 fully saturated rings. The third-order valence-electron chi connectivity index (χ3n) is 4.49. The number of phenolic OH excluding ortho intramolecular Hbond substituents is 1. The van der Waals surface area contributed by atoms with Crippen molar-refractivity contribution >= 4 is 16.6 Å². The average Bonchev–Trinajstić information content (AvgIpc) is 2.69. The number of rotatable bonds is 4. The minimum atomic E-state index is -0.216. The summed E-state index contributed by atoms with van der Waals surface area (Å²) >= 11 is 0. The zero-order valence-corrected chi connectivity index (χ0v) is 14.4. The second-order valence-electron chi connectivity index (χ2n) is 6.30. The molecule has 2 N–H and O–H groups in total. The van der Waals surface area contributed by atoms with Gasteiger partial charge in [-0.2, -0.15) is 0 Å². The first-order valence-corrected chi connectivity index (χ1v) is 8.52. The molecule has 4 nitrogen and oxygen atoms in total. The quantitative estimate of drug-likeness (QED) is 0.557. The molecule has 0 spiro atoms. The van der Waals surface area contributed by atoms with E-state index in [1.54, 1.807) is 18.6 Å². The van der Waals surface area contributed by atoms with Crippen LogP contribution in [-0.4, -0.2) is 15.1 Å². The van der Waals surface area contributed by atoms with Crippen molar-refractivity contribution in [2.24, 2.45) is 0 Å². The number of aromatic nitrogens is 2. The van der Waals surface area contributed by atoms with E-state index in [9.17, 15) is 5.11 Å². The Hall–Kier alpha value is -3.40. The first kappa shape index (κ1) is 16.1. The van der Waals surface area contributed by atoms with Gasteiger partial charge in [0, 0.05) is 35.2 Å². The van der Waals surface area contributed by atoms with E-state index in [1.165, 1.54) is 5.56 Å². The van der Waals surface area contributed by atoms with Crippen LogP contribution in [-0.2, 0) is 0 Å². The number of hydrogen-bond acceptors (Lipinski definition) is 4. The van der Waals surface area contributed by atoms with E-state index >= 15 is 0 Å². The van der Waals surface area contributed by atoms with Crippen LogP contribution in [0.15, 0.2) is 79.3 Å². The molecule has 26 heavy (non-hydrogen) atoms. The van der Waals surface area contributed by atoms with Crippen molar-refractivity contribution in [2.75, 3.05) is 5.32 Å². The van der Waals surface area contributed by atoms with Crippen LogP contribution in [0.3, 0.4) is 0 Å². The summed E-state index contributed by atoms with van der Waals surface area (Å²) in [5.74, 6) is 0.199. The Kier molecular flexibility index (Phi) is 4.23. The summed E-state index contributed by atoms with van der Waals surface area (Å²) in [6, 6.07) is 19.6. The van der Waals surface area contributed by atoms with E-state index in [-0.39, 0.29) is 11.8 Å². The lowest BCUT2D eigenvalue weighted by molar-refractivity contribution is 0.472. The molecule has 4 heteroatoms. The van der Waals surface area contributed by atoms with Crippen LogP contribution >= 0.6 is 0 Å². The van der Waals surface area contributed by atoms with Crippen molar-refractivity contribution < 1.29 is 5.11 Å². The van der Waals surface area contributed by atoms with Crippen LogP contribution in [0, 0.1) is 6.92 Å². The lowest BCUT2D eigenvalue weighted by atomic mass is 9.96. The molecule has 0 saturated heterocycles. The summed E-state index contributed by atoms with van der Waals surface area (Å²) in [4.78, 5) is 8.46. The molecule has 0 aliphatic carbocycles. The Labute approximate surface area is 152 Å². The van der Waals surface area contributed by atoms with Gasteiger partial charge < -0.3 is 10.4 Å².